The minimum Gasteiger partial charge on any atom is -0.489 e. The Morgan fingerprint density at radius 2 is 1.80 bits per heavy atom. The molecule has 3 aromatic rings. The summed E-state index contributed by atoms with van der Waals surface area (Å²) in [4.78, 5) is 25.2. The van der Waals surface area contributed by atoms with Crippen molar-refractivity contribution in [2.45, 2.75) is 50.7 Å². The molecule has 44 heavy (non-hydrogen) atoms. The molecular formula is C33H40ClN5O5. The van der Waals surface area contributed by atoms with Gasteiger partial charge in [-0.1, -0.05) is 23.7 Å². The fraction of sp³-hybridized carbons (Fsp3) is 0.485. The second-order valence-corrected chi connectivity index (χ2v) is 12.6. The maximum atomic E-state index is 11.2. The largest absolute Gasteiger partial charge is 0.489 e. The van der Waals surface area contributed by atoms with Gasteiger partial charge in [0, 0.05) is 48.9 Å². The Bertz CT molecular complexity index is 1470. The van der Waals surface area contributed by atoms with Crippen molar-refractivity contribution in [1.29, 1.82) is 0 Å². The topological polar surface area (TPSA) is 134 Å². The second kappa shape index (κ2) is 13.3. The van der Waals surface area contributed by atoms with Gasteiger partial charge in [-0.25, -0.2) is 4.98 Å². The predicted molar refractivity (Wildman–Crippen MR) is 169 cm³/mol. The number of halogens is 1. The minimum absolute atomic E-state index is 0.253. The zero-order valence-electron chi connectivity index (χ0n) is 24.9. The van der Waals surface area contributed by atoms with E-state index in [9.17, 15) is 15.0 Å². The average Bonchev–Trinajstić information content (AvgIpc) is 3.03. The van der Waals surface area contributed by atoms with Crippen LogP contribution in [0.4, 0.5) is 11.8 Å². The van der Waals surface area contributed by atoms with Crippen LogP contribution in [0, 0.1) is 5.92 Å². The zero-order chi connectivity index (χ0) is 30.7. The highest BCUT2D eigenvalue weighted by molar-refractivity contribution is 6.30. The van der Waals surface area contributed by atoms with Crippen LogP contribution in [0.3, 0.4) is 0 Å². The average molecular weight is 622 g/mol. The second-order valence-electron chi connectivity index (χ2n) is 12.2. The summed E-state index contributed by atoms with van der Waals surface area (Å²) in [6, 6.07) is 13.8. The summed E-state index contributed by atoms with van der Waals surface area (Å²) in [5.41, 5.74) is 10.7. The fourth-order valence-electron chi connectivity index (χ4n) is 6.49. The van der Waals surface area contributed by atoms with Gasteiger partial charge in [0.2, 0.25) is 5.95 Å². The molecule has 1 aromatic heterocycles. The Kier molecular flexibility index (Phi) is 9.23. The number of hydrogen-bond donors (Lipinski definition) is 3. The van der Waals surface area contributed by atoms with Crippen molar-refractivity contribution < 1.29 is 24.5 Å². The van der Waals surface area contributed by atoms with E-state index >= 15 is 0 Å². The third-order valence-electron chi connectivity index (χ3n) is 9.16. The van der Waals surface area contributed by atoms with Gasteiger partial charge in [-0.3, -0.25) is 9.69 Å². The van der Waals surface area contributed by atoms with Gasteiger partial charge >= 0.3 is 5.97 Å². The first-order valence-electron chi connectivity index (χ1n) is 15.4. The van der Waals surface area contributed by atoms with Crippen molar-refractivity contribution >= 4 is 29.3 Å². The van der Waals surface area contributed by atoms with Gasteiger partial charge in [-0.05, 0) is 80.0 Å². The van der Waals surface area contributed by atoms with Crippen LogP contribution in [0.15, 0.2) is 42.5 Å². The third kappa shape index (κ3) is 7.10. The summed E-state index contributed by atoms with van der Waals surface area (Å²) in [7, 11) is 0. The number of piperazine rings is 1. The summed E-state index contributed by atoms with van der Waals surface area (Å²) < 4.78 is 11.9. The number of fused-ring (bicyclic) bond motifs is 3. The molecule has 0 spiro atoms. The molecule has 10 nitrogen and oxygen atoms in total. The van der Waals surface area contributed by atoms with Crippen molar-refractivity contribution in [2.75, 3.05) is 56.6 Å². The van der Waals surface area contributed by atoms with Crippen molar-refractivity contribution in [3.05, 3.63) is 64.2 Å². The zero-order valence-corrected chi connectivity index (χ0v) is 25.6. The molecular weight excluding hydrogens is 582 g/mol. The van der Waals surface area contributed by atoms with Crippen molar-refractivity contribution in [3.63, 3.8) is 0 Å². The van der Waals surface area contributed by atoms with E-state index in [0.29, 0.717) is 43.9 Å². The number of aryl methyl sites for hydroxylation is 1. The molecule has 0 atom stereocenters. The number of benzene rings is 2. The molecule has 234 valence electrons. The molecule has 2 fully saturated rings. The number of aliphatic carboxylic acids is 1. The Morgan fingerprint density at radius 1 is 1.05 bits per heavy atom. The quantitative estimate of drug-likeness (QED) is 0.283. The Morgan fingerprint density at radius 3 is 2.52 bits per heavy atom. The molecule has 4 N–H and O–H groups in total. The Labute approximate surface area is 262 Å². The molecule has 1 saturated heterocycles. The molecule has 2 aliphatic carbocycles. The molecule has 0 radical (unpaired) electrons. The number of carboxylic acid groups (broad SMARTS) is 1. The normalized spacial score (nSPS) is 21.9. The summed E-state index contributed by atoms with van der Waals surface area (Å²) >= 11 is 6.00. The number of aromatic nitrogens is 2. The first-order chi connectivity index (χ1) is 21.3. The first-order valence-corrected chi connectivity index (χ1v) is 15.8. The number of nitrogen functional groups attached to an aromatic ring is 1. The van der Waals surface area contributed by atoms with Crippen LogP contribution < -0.4 is 15.4 Å². The molecule has 2 aromatic carbocycles. The van der Waals surface area contributed by atoms with Crippen LogP contribution in [0.1, 0.15) is 42.4 Å². The highest BCUT2D eigenvalue weighted by Crippen LogP contribution is 2.39. The molecule has 0 amide bonds. The van der Waals surface area contributed by atoms with Gasteiger partial charge in [-0.15, -0.1) is 0 Å². The van der Waals surface area contributed by atoms with Crippen LogP contribution in [-0.2, 0) is 29.0 Å². The van der Waals surface area contributed by atoms with Crippen molar-refractivity contribution in [2.24, 2.45) is 5.92 Å². The Balaban J connectivity index is 1.02. The van der Waals surface area contributed by atoms with E-state index in [1.54, 1.807) is 0 Å². The van der Waals surface area contributed by atoms with E-state index < -0.39 is 11.6 Å². The van der Waals surface area contributed by atoms with Gasteiger partial charge in [0.25, 0.3) is 0 Å². The number of anilines is 2. The molecule has 1 aliphatic heterocycles. The molecule has 3 aliphatic rings. The monoisotopic (exact) mass is 621 g/mol. The van der Waals surface area contributed by atoms with E-state index in [0.717, 1.165) is 79.5 Å². The standard InChI is InChI=1S/C33H40ClN5O5/c34-25-4-1-22(2-5-25)20-44-26-6-8-27-24(19-26)3-7-28-29(27)36-32(35)37-30(28)39-15-13-38(14-16-39)17-18-43-21-33(42)11-9-23(10-12-33)31(40)41/h1-2,4-6,8,19,23,42H,3,7,9-18,20-21H2,(H,40,41)(H2,35,36,37)/t23-,33-. The van der Waals surface area contributed by atoms with Crippen LogP contribution in [-0.4, -0.2) is 82.6 Å². The minimum atomic E-state index is -0.915. The van der Waals surface area contributed by atoms with Crippen LogP contribution in [0.2, 0.25) is 5.02 Å². The first kappa shape index (κ1) is 30.6. The maximum Gasteiger partial charge on any atom is 0.306 e. The maximum absolute atomic E-state index is 11.2. The smallest absolute Gasteiger partial charge is 0.306 e. The summed E-state index contributed by atoms with van der Waals surface area (Å²) in [6.45, 7) is 5.44. The molecule has 1 saturated carbocycles. The fourth-order valence-corrected chi connectivity index (χ4v) is 6.62. The van der Waals surface area contributed by atoms with Gasteiger partial charge in [0.15, 0.2) is 0 Å². The number of nitrogens with two attached hydrogens (primary N) is 1. The highest BCUT2D eigenvalue weighted by Gasteiger charge is 2.36. The number of rotatable bonds is 10. The van der Waals surface area contributed by atoms with Gasteiger partial charge in [-0.2, -0.15) is 4.98 Å². The number of aliphatic hydroxyl groups is 1. The molecule has 6 rings (SSSR count). The van der Waals surface area contributed by atoms with Crippen LogP contribution in [0.5, 0.6) is 5.75 Å². The lowest BCUT2D eigenvalue weighted by Crippen LogP contribution is -2.48. The number of ether oxygens (including phenoxy) is 2. The summed E-state index contributed by atoms with van der Waals surface area (Å²) in [6.07, 6.45) is 3.66. The van der Waals surface area contributed by atoms with E-state index in [-0.39, 0.29) is 18.5 Å². The van der Waals surface area contributed by atoms with Gasteiger partial charge in [0.05, 0.1) is 30.4 Å². The summed E-state index contributed by atoms with van der Waals surface area (Å²) in [5.74, 6) is 0.908. The molecule has 0 bridgehead atoms. The van der Waals surface area contributed by atoms with Gasteiger partial charge < -0.3 is 30.3 Å². The summed E-state index contributed by atoms with van der Waals surface area (Å²) in [5, 5.41) is 20.7. The highest BCUT2D eigenvalue weighted by atomic mass is 35.5. The van der Waals surface area contributed by atoms with Crippen molar-refractivity contribution in [1.82, 2.24) is 14.9 Å². The molecule has 2 heterocycles. The third-order valence-corrected chi connectivity index (χ3v) is 9.41. The molecule has 0 unspecified atom stereocenters. The lowest BCUT2D eigenvalue weighted by Gasteiger charge is -2.37. The lowest BCUT2D eigenvalue weighted by molar-refractivity contribution is -0.146. The molecule has 11 heteroatoms. The number of carbonyl (C=O) groups is 1. The number of carboxylic acids is 1. The van der Waals surface area contributed by atoms with E-state index in [2.05, 4.69) is 26.9 Å². The van der Waals surface area contributed by atoms with Gasteiger partial charge in [0.1, 0.15) is 18.2 Å². The van der Waals surface area contributed by atoms with Crippen molar-refractivity contribution in [3.8, 4) is 17.0 Å². The van der Waals surface area contributed by atoms with E-state index in [1.807, 2.05) is 30.3 Å². The van der Waals surface area contributed by atoms with E-state index in [1.165, 1.54) is 5.56 Å². The van der Waals surface area contributed by atoms with Crippen LogP contribution >= 0.6 is 11.6 Å². The number of hydrogen-bond acceptors (Lipinski definition) is 9. The van der Waals surface area contributed by atoms with E-state index in [4.69, 9.17) is 31.8 Å². The SMILES string of the molecule is Nc1nc2c(c(N3CCN(CCOC[C@]4(O)CC[C@H](C(=O)O)CC4)CC3)n1)CCc1cc(OCc3ccc(Cl)cc3)ccc1-2. The van der Waals surface area contributed by atoms with Crippen LogP contribution in [0.25, 0.3) is 11.3 Å². The lowest BCUT2D eigenvalue weighted by atomic mass is 9.79. The predicted octanol–water partition coefficient (Wildman–Crippen LogP) is 4.20. The number of nitrogens with zero attached hydrogens (tertiary/aromatic N) is 4. The Hall–Kier alpha value is -3.44.